The van der Waals surface area contributed by atoms with Crippen LogP contribution in [0.25, 0.3) is 0 Å². The fourth-order valence-electron chi connectivity index (χ4n) is 3.00. The normalized spacial score (nSPS) is 21.8. The molecule has 2 aliphatic heterocycles. The fourth-order valence-corrected chi connectivity index (χ4v) is 4.56. The van der Waals surface area contributed by atoms with Crippen molar-refractivity contribution >= 4 is 15.5 Å². The van der Waals surface area contributed by atoms with Crippen LogP contribution in [0.5, 0.6) is 5.75 Å². The third kappa shape index (κ3) is 3.30. The highest BCUT2D eigenvalue weighted by molar-refractivity contribution is 7.92. The maximum atomic E-state index is 12.9. The van der Waals surface area contributed by atoms with Gasteiger partial charge in [-0.05, 0) is 37.2 Å². The Balaban J connectivity index is 1.95. The van der Waals surface area contributed by atoms with Crippen molar-refractivity contribution < 1.29 is 13.2 Å². The number of ether oxygens (including phenoxy) is 1. The topological polar surface area (TPSA) is 70.7 Å². The molecule has 1 aromatic rings. The average Bonchev–Trinajstić information content (AvgIpc) is 2.62. The number of hydrogen-bond donors (Lipinski definition) is 2. The standard InChI is InChI=1S/C16H23N3O3S/c1-22-15-6-5-13(12-14(15)19-10-8-17-9-11-19)23(20,21)16-4-2-3-7-18-16/h3,5-7,12,16-18H,2,4,8-11H2,1H3. The van der Waals surface area contributed by atoms with Crippen LogP contribution in [0.4, 0.5) is 5.69 Å². The Morgan fingerprint density at radius 2 is 2.04 bits per heavy atom. The van der Waals surface area contributed by atoms with Gasteiger partial charge in [-0.3, -0.25) is 0 Å². The maximum Gasteiger partial charge on any atom is 0.199 e. The van der Waals surface area contributed by atoms with Crippen molar-refractivity contribution in [3.8, 4) is 5.75 Å². The minimum Gasteiger partial charge on any atom is -0.495 e. The van der Waals surface area contributed by atoms with Gasteiger partial charge in [0.2, 0.25) is 0 Å². The van der Waals surface area contributed by atoms with Crippen LogP contribution < -0.4 is 20.3 Å². The van der Waals surface area contributed by atoms with Crippen molar-refractivity contribution in [1.82, 2.24) is 10.6 Å². The number of nitrogens with one attached hydrogen (secondary N) is 2. The molecular weight excluding hydrogens is 314 g/mol. The van der Waals surface area contributed by atoms with Crippen LogP contribution in [0.1, 0.15) is 12.8 Å². The van der Waals surface area contributed by atoms with E-state index in [1.54, 1.807) is 31.5 Å². The molecule has 1 aromatic carbocycles. The Bertz CT molecular complexity index is 682. The predicted octanol–water partition coefficient (Wildman–Crippen LogP) is 1.10. The summed E-state index contributed by atoms with van der Waals surface area (Å²) in [5.74, 6) is 0.711. The minimum atomic E-state index is -3.41. The van der Waals surface area contributed by atoms with Gasteiger partial charge in [-0.25, -0.2) is 8.42 Å². The second-order valence-electron chi connectivity index (χ2n) is 5.75. The zero-order chi connectivity index (χ0) is 16.3. The lowest BCUT2D eigenvalue weighted by atomic mass is 10.2. The lowest BCUT2D eigenvalue weighted by Gasteiger charge is -2.31. The summed E-state index contributed by atoms with van der Waals surface area (Å²) in [6, 6.07) is 5.14. The van der Waals surface area contributed by atoms with Gasteiger partial charge in [0.1, 0.15) is 11.1 Å². The van der Waals surface area contributed by atoms with Crippen molar-refractivity contribution in [3.63, 3.8) is 0 Å². The first-order valence-electron chi connectivity index (χ1n) is 7.91. The largest absolute Gasteiger partial charge is 0.495 e. The van der Waals surface area contributed by atoms with Gasteiger partial charge in [-0.2, -0.15) is 0 Å². The molecule has 0 aliphatic carbocycles. The van der Waals surface area contributed by atoms with Crippen LogP contribution in [0.3, 0.4) is 0 Å². The van der Waals surface area contributed by atoms with E-state index in [1.807, 2.05) is 6.08 Å². The first kappa shape index (κ1) is 16.1. The molecule has 2 aliphatic rings. The number of allylic oxidation sites excluding steroid dienone is 1. The molecule has 0 radical (unpaired) electrons. The molecule has 2 heterocycles. The van der Waals surface area contributed by atoms with E-state index in [4.69, 9.17) is 4.74 Å². The predicted molar refractivity (Wildman–Crippen MR) is 90.6 cm³/mol. The Morgan fingerprint density at radius 1 is 1.26 bits per heavy atom. The van der Waals surface area contributed by atoms with Gasteiger partial charge in [-0.1, -0.05) is 6.08 Å². The summed E-state index contributed by atoms with van der Waals surface area (Å²) in [5, 5.41) is 5.70. The summed E-state index contributed by atoms with van der Waals surface area (Å²) in [7, 11) is -1.79. The third-order valence-electron chi connectivity index (χ3n) is 4.31. The number of piperazine rings is 1. The lowest BCUT2D eigenvalue weighted by molar-refractivity contribution is 0.412. The van der Waals surface area contributed by atoms with E-state index in [0.717, 1.165) is 38.3 Å². The molecule has 0 bridgehead atoms. The van der Waals surface area contributed by atoms with Crippen LogP contribution in [0.15, 0.2) is 35.4 Å². The molecule has 126 valence electrons. The number of methoxy groups -OCH3 is 1. The average molecular weight is 337 g/mol. The van der Waals surface area contributed by atoms with Crippen LogP contribution in [-0.4, -0.2) is 47.1 Å². The highest BCUT2D eigenvalue weighted by atomic mass is 32.2. The molecule has 6 nitrogen and oxygen atoms in total. The molecule has 0 spiro atoms. The summed E-state index contributed by atoms with van der Waals surface area (Å²) in [6.07, 6.45) is 5.05. The van der Waals surface area contributed by atoms with E-state index in [-0.39, 0.29) is 0 Å². The molecule has 23 heavy (non-hydrogen) atoms. The number of rotatable bonds is 4. The second kappa shape index (κ2) is 6.80. The van der Waals surface area contributed by atoms with Gasteiger partial charge in [0.25, 0.3) is 0 Å². The summed E-state index contributed by atoms with van der Waals surface area (Å²) < 4.78 is 31.1. The first-order valence-corrected chi connectivity index (χ1v) is 9.46. The van der Waals surface area contributed by atoms with Crippen LogP contribution in [0, 0.1) is 0 Å². The van der Waals surface area contributed by atoms with Gasteiger partial charge in [0.15, 0.2) is 9.84 Å². The van der Waals surface area contributed by atoms with Crippen LogP contribution in [0.2, 0.25) is 0 Å². The summed E-state index contributed by atoms with van der Waals surface area (Å²) in [6.45, 7) is 3.44. The van der Waals surface area contributed by atoms with E-state index < -0.39 is 15.2 Å². The van der Waals surface area contributed by atoms with Gasteiger partial charge in [0, 0.05) is 26.2 Å². The SMILES string of the molecule is COc1ccc(S(=O)(=O)C2CCC=CN2)cc1N1CCNCC1. The van der Waals surface area contributed by atoms with Crippen molar-refractivity contribution in [3.05, 3.63) is 30.5 Å². The van der Waals surface area contributed by atoms with Gasteiger partial charge in [0.05, 0.1) is 17.7 Å². The zero-order valence-corrected chi connectivity index (χ0v) is 14.1. The van der Waals surface area contributed by atoms with Crippen molar-refractivity contribution in [2.75, 3.05) is 38.2 Å². The fraction of sp³-hybridized carbons (Fsp3) is 0.500. The summed E-state index contributed by atoms with van der Waals surface area (Å²) in [4.78, 5) is 2.52. The molecule has 1 atom stereocenters. The Labute approximate surface area is 137 Å². The third-order valence-corrected chi connectivity index (χ3v) is 6.34. The Kier molecular flexibility index (Phi) is 4.77. The van der Waals surface area contributed by atoms with E-state index in [1.165, 1.54) is 0 Å². The second-order valence-corrected chi connectivity index (χ2v) is 7.88. The number of sulfone groups is 1. The Hall–Kier alpha value is -1.73. The Morgan fingerprint density at radius 3 is 2.70 bits per heavy atom. The quantitative estimate of drug-likeness (QED) is 0.857. The molecule has 0 amide bonds. The summed E-state index contributed by atoms with van der Waals surface area (Å²) >= 11 is 0. The number of nitrogens with zero attached hydrogens (tertiary/aromatic N) is 1. The molecule has 1 saturated heterocycles. The number of benzene rings is 1. The smallest absolute Gasteiger partial charge is 0.199 e. The maximum absolute atomic E-state index is 12.9. The van der Waals surface area contributed by atoms with E-state index in [2.05, 4.69) is 15.5 Å². The van der Waals surface area contributed by atoms with Crippen LogP contribution >= 0.6 is 0 Å². The van der Waals surface area contributed by atoms with E-state index in [9.17, 15) is 8.42 Å². The van der Waals surface area contributed by atoms with Gasteiger partial charge in [-0.15, -0.1) is 0 Å². The highest BCUT2D eigenvalue weighted by Crippen LogP contribution is 2.32. The number of hydrogen-bond acceptors (Lipinski definition) is 6. The molecule has 3 rings (SSSR count). The highest BCUT2D eigenvalue weighted by Gasteiger charge is 2.28. The molecule has 1 fully saturated rings. The van der Waals surface area contributed by atoms with Crippen molar-refractivity contribution in [1.29, 1.82) is 0 Å². The molecule has 7 heteroatoms. The van der Waals surface area contributed by atoms with Gasteiger partial charge >= 0.3 is 0 Å². The van der Waals surface area contributed by atoms with Crippen molar-refractivity contribution in [2.24, 2.45) is 0 Å². The van der Waals surface area contributed by atoms with E-state index >= 15 is 0 Å². The molecule has 0 aromatic heterocycles. The number of anilines is 1. The van der Waals surface area contributed by atoms with Gasteiger partial charge < -0.3 is 20.3 Å². The molecule has 2 N–H and O–H groups in total. The molecule has 1 unspecified atom stereocenters. The molecule has 0 saturated carbocycles. The zero-order valence-electron chi connectivity index (χ0n) is 13.3. The summed E-state index contributed by atoms with van der Waals surface area (Å²) in [5.41, 5.74) is 0.849. The van der Waals surface area contributed by atoms with Crippen molar-refractivity contribution in [2.45, 2.75) is 23.1 Å². The van der Waals surface area contributed by atoms with Crippen LogP contribution in [-0.2, 0) is 9.84 Å². The first-order chi connectivity index (χ1) is 11.1. The lowest BCUT2D eigenvalue weighted by Crippen LogP contribution is -2.43. The molecular formula is C16H23N3O3S. The monoisotopic (exact) mass is 337 g/mol. The van der Waals surface area contributed by atoms with E-state index in [0.29, 0.717) is 17.1 Å². The minimum absolute atomic E-state index is 0.347.